The lowest BCUT2D eigenvalue weighted by Crippen LogP contribution is -2.37. The van der Waals surface area contributed by atoms with E-state index in [9.17, 15) is 4.79 Å². The number of hydrogen-bond acceptors (Lipinski definition) is 3. The number of nitrogen functional groups attached to an aromatic ring is 1. The number of ether oxygens (including phenoxy) is 1. The van der Waals surface area contributed by atoms with Crippen molar-refractivity contribution in [2.75, 3.05) is 25.5 Å². The van der Waals surface area contributed by atoms with Crippen LogP contribution in [0, 0.1) is 5.92 Å². The fraction of sp³-hybridized carbons (Fsp3) is 0.533. The first-order valence-corrected chi connectivity index (χ1v) is 7.87. The molecule has 0 radical (unpaired) electrons. The maximum atomic E-state index is 12.7. The summed E-state index contributed by atoms with van der Waals surface area (Å²) in [5.74, 6) is 0.566. The van der Waals surface area contributed by atoms with Crippen molar-refractivity contribution in [3.05, 3.63) is 28.2 Å². The molecule has 1 heterocycles. The quantitative estimate of drug-likeness (QED) is 0.858. The van der Waals surface area contributed by atoms with Gasteiger partial charge in [0.2, 0.25) is 0 Å². The van der Waals surface area contributed by atoms with E-state index in [-0.39, 0.29) is 5.91 Å². The van der Waals surface area contributed by atoms with Crippen molar-refractivity contribution in [3.8, 4) is 0 Å². The summed E-state index contributed by atoms with van der Waals surface area (Å²) in [6.07, 6.45) is 3.28. The standard InChI is InChI=1S/C15H19BrN2O2/c16-12-5-11(6-13(17)7-12)15(19)18(14-1-2-14)8-10-3-4-20-9-10/h5-7,10,14H,1-4,8-9,17H2. The average molecular weight is 339 g/mol. The number of nitrogens with zero attached hydrogens (tertiary/aromatic N) is 1. The second-order valence-corrected chi connectivity index (χ2v) is 6.61. The Hall–Kier alpha value is -1.07. The molecule has 1 atom stereocenters. The zero-order chi connectivity index (χ0) is 14.1. The van der Waals surface area contributed by atoms with Gasteiger partial charge in [-0.05, 0) is 37.5 Å². The predicted octanol–water partition coefficient (Wildman–Crippen LogP) is 2.67. The molecule has 108 valence electrons. The monoisotopic (exact) mass is 338 g/mol. The van der Waals surface area contributed by atoms with Gasteiger partial charge >= 0.3 is 0 Å². The largest absolute Gasteiger partial charge is 0.399 e. The number of carbonyl (C=O) groups excluding carboxylic acids is 1. The number of hydrogen-bond donors (Lipinski definition) is 1. The van der Waals surface area contributed by atoms with Crippen LogP contribution in [0.4, 0.5) is 5.69 Å². The number of rotatable bonds is 4. The molecule has 1 aromatic carbocycles. The summed E-state index contributed by atoms with van der Waals surface area (Å²) in [6.45, 7) is 2.40. The first-order chi connectivity index (χ1) is 9.63. The zero-order valence-corrected chi connectivity index (χ0v) is 12.9. The third-order valence-corrected chi connectivity index (χ3v) is 4.35. The van der Waals surface area contributed by atoms with Crippen molar-refractivity contribution in [1.82, 2.24) is 4.90 Å². The average Bonchev–Trinajstić information content (AvgIpc) is 3.11. The summed E-state index contributed by atoms with van der Waals surface area (Å²) < 4.78 is 6.26. The molecule has 0 spiro atoms. The molecule has 1 amide bonds. The van der Waals surface area contributed by atoms with Crippen LogP contribution in [0.15, 0.2) is 22.7 Å². The van der Waals surface area contributed by atoms with Gasteiger partial charge in [-0.25, -0.2) is 0 Å². The van der Waals surface area contributed by atoms with E-state index in [1.165, 1.54) is 0 Å². The van der Waals surface area contributed by atoms with Gasteiger partial charge in [-0.15, -0.1) is 0 Å². The van der Waals surface area contributed by atoms with Crippen LogP contribution in [0.5, 0.6) is 0 Å². The Morgan fingerprint density at radius 1 is 1.35 bits per heavy atom. The molecule has 1 aliphatic carbocycles. The van der Waals surface area contributed by atoms with Gasteiger partial charge in [-0.1, -0.05) is 15.9 Å². The van der Waals surface area contributed by atoms with Crippen LogP contribution in [0.1, 0.15) is 29.6 Å². The fourth-order valence-electron chi connectivity index (χ4n) is 2.69. The maximum absolute atomic E-state index is 12.7. The highest BCUT2D eigenvalue weighted by atomic mass is 79.9. The van der Waals surface area contributed by atoms with Crippen LogP contribution in [-0.4, -0.2) is 36.6 Å². The predicted molar refractivity (Wildman–Crippen MR) is 81.5 cm³/mol. The third kappa shape index (κ3) is 3.15. The van der Waals surface area contributed by atoms with Gasteiger partial charge in [0.25, 0.3) is 5.91 Å². The van der Waals surface area contributed by atoms with Gasteiger partial charge in [-0.2, -0.15) is 0 Å². The normalized spacial score (nSPS) is 21.9. The smallest absolute Gasteiger partial charge is 0.254 e. The van der Waals surface area contributed by atoms with Gasteiger partial charge in [-0.3, -0.25) is 4.79 Å². The highest BCUT2D eigenvalue weighted by Gasteiger charge is 2.35. The molecule has 1 saturated carbocycles. The van der Waals surface area contributed by atoms with Crippen LogP contribution in [0.2, 0.25) is 0 Å². The third-order valence-electron chi connectivity index (χ3n) is 3.89. The van der Waals surface area contributed by atoms with E-state index in [0.717, 1.165) is 43.5 Å². The van der Waals surface area contributed by atoms with Gasteiger partial charge in [0, 0.05) is 40.8 Å². The Morgan fingerprint density at radius 3 is 2.75 bits per heavy atom. The molecule has 2 N–H and O–H groups in total. The molecule has 0 aromatic heterocycles. The molecule has 1 saturated heterocycles. The van der Waals surface area contributed by atoms with Crippen LogP contribution < -0.4 is 5.73 Å². The van der Waals surface area contributed by atoms with Gasteiger partial charge < -0.3 is 15.4 Å². The molecular weight excluding hydrogens is 320 g/mol. The van der Waals surface area contributed by atoms with Crippen molar-refractivity contribution >= 4 is 27.5 Å². The number of benzene rings is 1. The van der Waals surface area contributed by atoms with E-state index in [0.29, 0.717) is 23.2 Å². The molecule has 1 unspecified atom stereocenters. The van der Waals surface area contributed by atoms with Crippen molar-refractivity contribution in [1.29, 1.82) is 0 Å². The van der Waals surface area contributed by atoms with Crippen molar-refractivity contribution in [2.24, 2.45) is 5.92 Å². The summed E-state index contributed by atoms with van der Waals surface area (Å²) in [5.41, 5.74) is 7.11. The van der Waals surface area contributed by atoms with E-state index < -0.39 is 0 Å². The number of carbonyl (C=O) groups is 1. The summed E-state index contributed by atoms with van der Waals surface area (Å²) in [5, 5.41) is 0. The van der Waals surface area contributed by atoms with Crippen LogP contribution in [0.25, 0.3) is 0 Å². The number of amides is 1. The summed E-state index contributed by atoms with van der Waals surface area (Å²) in [6, 6.07) is 5.82. The lowest BCUT2D eigenvalue weighted by Gasteiger charge is -2.25. The molecule has 2 aliphatic rings. The Labute approximate surface area is 127 Å². The summed E-state index contributed by atoms with van der Waals surface area (Å²) in [4.78, 5) is 14.7. The highest BCUT2D eigenvalue weighted by Crippen LogP contribution is 2.31. The van der Waals surface area contributed by atoms with Crippen LogP contribution in [-0.2, 0) is 4.74 Å². The first-order valence-electron chi connectivity index (χ1n) is 7.08. The van der Waals surface area contributed by atoms with E-state index in [2.05, 4.69) is 15.9 Å². The summed E-state index contributed by atoms with van der Waals surface area (Å²) in [7, 11) is 0. The molecule has 1 aromatic rings. The maximum Gasteiger partial charge on any atom is 0.254 e. The molecule has 3 rings (SSSR count). The van der Waals surface area contributed by atoms with E-state index in [1.54, 1.807) is 6.07 Å². The SMILES string of the molecule is Nc1cc(Br)cc(C(=O)N(CC2CCOC2)C2CC2)c1. The van der Waals surface area contributed by atoms with Gasteiger partial charge in [0.1, 0.15) is 0 Å². The van der Waals surface area contributed by atoms with Gasteiger partial charge in [0.05, 0.1) is 6.61 Å². The lowest BCUT2D eigenvalue weighted by molar-refractivity contribution is 0.0706. The highest BCUT2D eigenvalue weighted by molar-refractivity contribution is 9.10. The zero-order valence-electron chi connectivity index (χ0n) is 11.3. The van der Waals surface area contributed by atoms with Crippen molar-refractivity contribution in [3.63, 3.8) is 0 Å². The van der Waals surface area contributed by atoms with Crippen molar-refractivity contribution in [2.45, 2.75) is 25.3 Å². The van der Waals surface area contributed by atoms with E-state index >= 15 is 0 Å². The lowest BCUT2D eigenvalue weighted by atomic mass is 10.1. The fourth-order valence-corrected chi connectivity index (χ4v) is 3.20. The van der Waals surface area contributed by atoms with Crippen LogP contribution in [0.3, 0.4) is 0 Å². The molecule has 2 fully saturated rings. The minimum atomic E-state index is 0.0902. The van der Waals surface area contributed by atoms with E-state index in [1.807, 2.05) is 17.0 Å². The first kappa shape index (κ1) is 13.9. The molecule has 4 nitrogen and oxygen atoms in total. The Kier molecular flexibility index (Phi) is 3.98. The topological polar surface area (TPSA) is 55.6 Å². The second-order valence-electron chi connectivity index (χ2n) is 5.69. The number of nitrogens with two attached hydrogens (primary N) is 1. The van der Waals surface area contributed by atoms with E-state index in [4.69, 9.17) is 10.5 Å². The molecule has 20 heavy (non-hydrogen) atoms. The Morgan fingerprint density at radius 2 is 2.15 bits per heavy atom. The van der Waals surface area contributed by atoms with Gasteiger partial charge in [0.15, 0.2) is 0 Å². The minimum absolute atomic E-state index is 0.0902. The Balaban J connectivity index is 1.77. The van der Waals surface area contributed by atoms with Crippen LogP contribution >= 0.6 is 15.9 Å². The second kappa shape index (κ2) is 5.74. The molecule has 5 heteroatoms. The number of halogens is 1. The molecule has 1 aliphatic heterocycles. The molecular formula is C15H19BrN2O2. The van der Waals surface area contributed by atoms with Crippen molar-refractivity contribution < 1.29 is 9.53 Å². The Bertz CT molecular complexity index is 490. The summed E-state index contributed by atoms with van der Waals surface area (Å²) >= 11 is 3.40. The minimum Gasteiger partial charge on any atom is -0.399 e. The number of anilines is 1. The molecule has 0 bridgehead atoms.